The molecule has 0 rings (SSSR count). The molecule has 0 aliphatic carbocycles. The minimum atomic E-state index is 0.100. The first-order chi connectivity index (χ1) is 5.45. The molecule has 0 heterocycles. The zero-order chi connectivity index (χ0) is 9.72. The molecule has 0 fully saturated rings. The van der Waals surface area contributed by atoms with E-state index in [0.29, 0.717) is 0 Å². The summed E-state index contributed by atoms with van der Waals surface area (Å²) in [7, 11) is 6.86. The molecule has 0 bridgehead atoms. The number of allylic oxidation sites excluding steroid dienone is 2. The molecule has 0 atom stereocenters. The van der Waals surface area contributed by atoms with Crippen LogP contribution in [0.5, 0.6) is 0 Å². The highest BCUT2D eigenvalue weighted by molar-refractivity contribution is 5.07. The predicted molar refractivity (Wildman–Crippen MR) is 48.8 cm³/mol. The Bertz CT molecular complexity index is 173. The highest BCUT2D eigenvalue weighted by Gasteiger charge is 1.94. The van der Waals surface area contributed by atoms with Gasteiger partial charge in [0.1, 0.15) is 0 Å². The van der Waals surface area contributed by atoms with Crippen molar-refractivity contribution in [2.24, 2.45) is 0 Å². The van der Waals surface area contributed by atoms with E-state index in [2.05, 4.69) is 0 Å². The van der Waals surface area contributed by atoms with Crippen LogP contribution in [0.1, 0.15) is 0 Å². The Kier molecular flexibility index (Phi) is 4.04. The maximum Gasteiger partial charge on any atom is 0.186 e. The molecule has 12 heavy (non-hydrogen) atoms. The van der Waals surface area contributed by atoms with E-state index in [1.54, 1.807) is 38.0 Å². The van der Waals surface area contributed by atoms with Crippen LogP contribution in [0.3, 0.4) is 0 Å². The molecule has 0 aliphatic rings. The fourth-order valence-electron chi connectivity index (χ4n) is 0.447. The molecule has 4 nitrogen and oxygen atoms in total. The summed E-state index contributed by atoms with van der Waals surface area (Å²) < 4.78 is 0. The van der Waals surface area contributed by atoms with Crippen LogP contribution in [0, 0.1) is 0 Å². The Hall–Kier alpha value is -1.32. The third-order valence-corrected chi connectivity index (χ3v) is 1.30. The van der Waals surface area contributed by atoms with Crippen LogP contribution >= 0.6 is 0 Å². The van der Waals surface area contributed by atoms with Gasteiger partial charge in [-0.1, -0.05) is 0 Å². The Morgan fingerprint density at radius 2 is 1.08 bits per heavy atom. The van der Waals surface area contributed by atoms with E-state index in [9.17, 15) is 0 Å². The Balaban J connectivity index is 4.27. The normalized spacial score (nSPS) is 13.0. The number of nitrogens with zero attached hydrogens (tertiary/aromatic N) is 2. The van der Waals surface area contributed by atoms with Gasteiger partial charge in [0.15, 0.2) is 11.8 Å². The molecule has 0 aromatic carbocycles. The lowest BCUT2D eigenvalue weighted by Crippen LogP contribution is -2.12. The summed E-state index contributed by atoms with van der Waals surface area (Å²) in [6.07, 6.45) is 2.85. The second-order valence-corrected chi connectivity index (χ2v) is 2.84. The van der Waals surface area contributed by atoms with Gasteiger partial charge in [-0.15, -0.1) is 0 Å². The second-order valence-electron chi connectivity index (χ2n) is 2.84. The van der Waals surface area contributed by atoms with Gasteiger partial charge in [0.25, 0.3) is 0 Å². The molecule has 0 aliphatic heterocycles. The monoisotopic (exact) mass is 172 g/mol. The van der Waals surface area contributed by atoms with Crippen molar-refractivity contribution < 1.29 is 10.2 Å². The summed E-state index contributed by atoms with van der Waals surface area (Å²) >= 11 is 0. The average Bonchev–Trinajstić information content (AvgIpc) is 1.98. The van der Waals surface area contributed by atoms with E-state index >= 15 is 0 Å². The van der Waals surface area contributed by atoms with E-state index < -0.39 is 0 Å². The highest BCUT2D eigenvalue weighted by atomic mass is 16.3. The van der Waals surface area contributed by atoms with E-state index in [1.807, 2.05) is 0 Å². The molecule has 4 heteroatoms. The second kappa shape index (κ2) is 4.54. The lowest BCUT2D eigenvalue weighted by atomic mass is 10.5. The SMILES string of the molecule is CN(C)/C(O)=C/C=C(\O)N(C)C. The van der Waals surface area contributed by atoms with Gasteiger partial charge in [0.05, 0.1) is 0 Å². The van der Waals surface area contributed by atoms with Gasteiger partial charge in [0.2, 0.25) is 0 Å². The number of aliphatic hydroxyl groups is 2. The zero-order valence-corrected chi connectivity index (χ0v) is 7.94. The summed E-state index contributed by atoms with van der Waals surface area (Å²) in [5, 5.41) is 18.3. The fourth-order valence-corrected chi connectivity index (χ4v) is 0.447. The van der Waals surface area contributed by atoms with Gasteiger partial charge in [-0.25, -0.2) is 0 Å². The van der Waals surface area contributed by atoms with Gasteiger partial charge in [-0.2, -0.15) is 0 Å². The minimum Gasteiger partial charge on any atom is -0.495 e. The predicted octanol–water partition coefficient (Wildman–Crippen LogP) is 0.908. The minimum absolute atomic E-state index is 0.100. The Morgan fingerprint density at radius 3 is 1.25 bits per heavy atom. The number of hydrogen-bond donors (Lipinski definition) is 2. The molecular weight excluding hydrogens is 156 g/mol. The van der Waals surface area contributed by atoms with Crippen LogP contribution in [0.15, 0.2) is 23.9 Å². The van der Waals surface area contributed by atoms with Crippen molar-refractivity contribution in [3.8, 4) is 0 Å². The van der Waals surface area contributed by atoms with Crippen molar-refractivity contribution in [2.75, 3.05) is 28.2 Å². The van der Waals surface area contributed by atoms with Crippen molar-refractivity contribution in [1.29, 1.82) is 0 Å². The van der Waals surface area contributed by atoms with Crippen LogP contribution in [-0.4, -0.2) is 48.2 Å². The zero-order valence-electron chi connectivity index (χ0n) is 7.94. The third-order valence-electron chi connectivity index (χ3n) is 1.30. The van der Waals surface area contributed by atoms with Crippen molar-refractivity contribution in [3.63, 3.8) is 0 Å². The van der Waals surface area contributed by atoms with Crippen LogP contribution in [0.4, 0.5) is 0 Å². The van der Waals surface area contributed by atoms with Crippen LogP contribution in [0.25, 0.3) is 0 Å². The molecule has 0 saturated heterocycles. The lowest BCUT2D eigenvalue weighted by molar-refractivity contribution is 0.256. The van der Waals surface area contributed by atoms with Crippen LogP contribution in [0.2, 0.25) is 0 Å². The molecular formula is C8H16N2O2. The van der Waals surface area contributed by atoms with Crippen molar-refractivity contribution in [3.05, 3.63) is 23.9 Å². The summed E-state index contributed by atoms with van der Waals surface area (Å²) in [5.41, 5.74) is 0. The van der Waals surface area contributed by atoms with E-state index in [-0.39, 0.29) is 11.8 Å². The maximum absolute atomic E-state index is 9.17. The topological polar surface area (TPSA) is 46.9 Å². The van der Waals surface area contributed by atoms with Crippen molar-refractivity contribution >= 4 is 0 Å². The summed E-state index contributed by atoms with van der Waals surface area (Å²) in [6.45, 7) is 0. The quantitative estimate of drug-likeness (QED) is 0.490. The molecule has 0 amide bonds. The van der Waals surface area contributed by atoms with Gasteiger partial charge < -0.3 is 20.0 Å². The molecule has 0 spiro atoms. The summed E-state index contributed by atoms with van der Waals surface area (Å²) in [5.74, 6) is 0.201. The summed E-state index contributed by atoms with van der Waals surface area (Å²) in [6, 6.07) is 0. The fraction of sp³-hybridized carbons (Fsp3) is 0.500. The molecule has 0 aromatic rings. The largest absolute Gasteiger partial charge is 0.495 e. The van der Waals surface area contributed by atoms with Gasteiger partial charge >= 0.3 is 0 Å². The van der Waals surface area contributed by atoms with Gasteiger partial charge in [-0.05, 0) is 0 Å². The summed E-state index contributed by atoms with van der Waals surface area (Å²) in [4.78, 5) is 3.08. The standard InChI is InChI=1S/C8H16N2O2/c1-9(2)7(11)5-6-8(12)10(3)4/h5-6,11-12H,1-4H3/b7-5-,8-6-. The molecule has 0 aromatic heterocycles. The number of rotatable bonds is 3. The van der Waals surface area contributed by atoms with E-state index in [0.717, 1.165) is 0 Å². The van der Waals surface area contributed by atoms with Gasteiger partial charge in [-0.3, -0.25) is 0 Å². The van der Waals surface area contributed by atoms with Gasteiger partial charge in [0, 0.05) is 40.3 Å². The maximum atomic E-state index is 9.17. The highest BCUT2D eigenvalue weighted by Crippen LogP contribution is 1.97. The van der Waals surface area contributed by atoms with Crippen molar-refractivity contribution in [1.82, 2.24) is 9.80 Å². The Morgan fingerprint density at radius 1 is 0.833 bits per heavy atom. The van der Waals surface area contributed by atoms with E-state index in [4.69, 9.17) is 10.2 Å². The van der Waals surface area contributed by atoms with Crippen LogP contribution in [-0.2, 0) is 0 Å². The van der Waals surface area contributed by atoms with Crippen LogP contribution < -0.4 is 0 Å². The molecule has 2 N–H and O–H groups in total. The molecule has 0 unspecified atom stereocenters. The first-order valence-corrected chi connectivity index (χ1v) is 3.59. The molecule has 0 saturated carbocycles. The average molecular weight is 172 g/mol. The first kappa shape index (κ1) is 10.7. The number of hydrogen-bond acceptors (Lipinski definition) is 4. The molecule has 70 valence electrons. The number of aliphatic hydroxyl groups excluding tert-OH is 2. The first-order valence-electron chi connectivity index (χ1n) is 3.59. The third kappa shape index (κ3) is 3.75. The van der Waals surface area contributed by atoms with Crippen molar-refractivity contribution in [2.45, 2.75) is 0 Å². The smallest absolute Gasteiger partial charge is 0.186 e. The van der Waals surface area contributed by atoms with E-state index in [1.165, 1.54) is 12.2 Å². The molecule has 0 radical (unpaired) electrons. The Labute approximate surface area is 73.0 Å². The lowest BCUT2D eigenvalue weighted by Gasteiger charge is -2.11.